The zero-order valence-corrected chi connectivity index (χ0v) is 33.4. The van der Waals surface area contributed by atoms with Crippen LogP contribution in [-0.4, -0.2) is 15.1 Å². The molecule has 0 saturated heterocycles. The van der Waals surface area contributed by atoms with Crippen LogP contribution in [0, 0.1) is 0 Å². The Labute approximate surface area is 321 Å². The normalized spacial score (nSPS) is 13.0. The average molecular weight is 713 g/mol. The minimum Gasteiger partial charge on any atom is -0.507 e. The third-order valence-electron chi connectivity index (χ3n) is 10.6. The number of phenolic OH excluding ortho intramolecular Hbond substituents is 1. The molecule has 4 nitrogen and oxygen atoms in total. The Morgan fingerprint density at radius 3 is 1.87 bits per heavy atom. The van der Waals surface area contributed by atoms with Gasteiger partial charge < -0.3 is 9.52 Å². The van der Waals surface area contributed by atoms with Crippen LogP contribution in [0.25, 0.3) is 56.1 Å². The summed E-state index contributed by atoms with van der Waals surface area (Å²) in [6.07, 6.45) is 1.91. The average Bonchev–Trinajstić information content (AvgIpc) is 3.58. The molecule has 54 heavy (non-hydrogen) atoms. The molecular formula is C50H52N2O2. The first-order chi connectivity index (χ1) is 25.5. The van der Waals surface area contributed by atoms with E-state index in [-0.39, 0.29) is 22.0 Å². The summed E-state index contributed by atoms with van der Waals surface area (Å²) >= 11 is 0. The van der Waals surface area contributed by atoms with Crippen molar-refractivity contribution in [2.75, 3.05) is 0 Å². The van der Waals surface area contributed by atoms with Gasteiger partial charge in [-0.15, -0.1) is 0 Å². The van der Waals surface area contributed by atoms with Gasteiger partial charge in [0.2, 0.25) is 5.89 Å². The van der Waals surface area contributed by atoms with Gasteiger partial charge in [-0.2, -0.15) is 0 Å². The summed E-state index contributed by atoms with van der Waals surface area (Å²) in [5.74, 6) is 0.946. The molecule has 7 rings (SSSR count). The lowest BCUT2D eigenvalue weighted by Gasteiger charge is -2.27. The van der Waals surface area contributed by atoms with Crippen molar-refractivity contribution >= 4 is 11.1 Å². The smallest absolute Gasteiger partial charge is 0.231 e. The third kappa shape index (κ3) is 7.35. The van der Waals surface area contributed by atoms with E-state index in [0.717, 1.165) is 50.2 Å². The SMILES string of the molecule is CC(c1ccccc1)c1ccc(-c2ccnc(-c3cc(-c4cccc5oc(-c6cc(C(C)(C)C)cc(C(C)(C)C)c6O)nc45)cc(C(C)(C)C)c3)c2)cc1. The molecule has 274 valence electrons. The van der Waals surface area contributed by atoms with E-state index in [0.29, 0.717) is 23.0 Å². The first-order valence-electron chi connectivity index (χ1n) is 19.0. The number of para-hydroxylation sites is 1. The number of aromatic hydroxyl groups is 1. The van der Waals surface area contributed by atoms with Gasteiger partial charge in [-0.3, -0.25) is 4.98 Å². The first kappa shape index (κ1) is 36.9. The Bertz CT molecular complexity index is 2450. The lowest BCUT2D eigenvalue weighted by Crippen LogP contribution is -2.17. The van der Waals surface area contributed by atoms with E-state index in [4.69, 9.17) is 14.4 Å². The largest absolute Gasteiger partial charge is 0.507 e. The topological polar surface area (TPSA) is 59.2 Å². The number of benzene rings is 5. The Morgan fingerprint density at radius 2 is 1.20 bits per heavy atom. The highest BCUT2D eigenvalue weighted by Gasteiger charge is 2.28. The maximum absolute atomic E-state index is 11.7. The zero-order chi connectivity index (χ0) is 38.6. The highest BCUT2D eigenvalue weighted by Crippen LogP contribution is 2.44. The first-order valence-corrected chi connectivity index (χ1v) is 19.0. The van der Waals surface area contributed by atoms with Gasteiger partial charge in [0.15, 0.2) is 5.58 Å². The molecule has 2 aromatic heterocycles. The van der Waals surface area contributed by atoms with Crippen molar-refractivity contribution < 1.29 is 9.52 Å². The van der Waals surface area contributed by atoms with Crippen LogP contribution >= 0.6 is 0 Å². The third-order valence-corrected chi connectivity index (χ3v) is 10.6. The molecule has 2 heterocycles. The Balaban J connectivity index is 1.31. The summed E-state index contributed by atoms with van der Waals surface area (Å²) < 4.78 is 6.47. The Hall–Kier alpha value is -5.48. The molecule has 1 N–H and O–H groups in total. The van der Waals surface area contributed by atoms with Crippen molar-refractivity contribution in [1.29, 1.82) is 0 Å². The predicted molar refractivity (Wildman–Crippen MR) is 225 cm³/mol. The molecule has 0 bridgehead atoms. The molecule has 1 atom stereocenters. The predicted octanol–water partition coefficient (Wildman–Crippen LogP) is 13.6. The minimum absolute atomic E-state index is 0.112. The van der Waals surface area contributed by atoms with Crippen LogP contribution in [0.15, 0.2) is 126 Å². The molecule has 0 aliphatic rings. The molecule has 4 heteroatoms. The summed E-state index contributed by atoms with van der Waals surface area (Å²) in [4.78, 5) is 10.00. The van der Waals surface area contributed by atoms with Crippen LogP contribution < -0.4 is 0 Å². The fourth-order valence-electron chi connectivity index (χ4n) is 7.13. The molecule has 0 spiro atoms. The van der Waals surface area contributed by atoms with Gasteiger partial charge in [-0.05, 0) is 91.6 Å². The van der Waals surface area contributed by atoms with Crippen molar-refractivity contribution in [3.8, 4) is 50.7 Å². The minimum atomic E-state index is -0.267. The number of phenols is 1. The van der Waals surface area contributed by atoms with E-state index in [1.165, 1.54) is 16.7 Å². The summed E-state index contributed by atoms with van der Waals surface area (Å²) in [5.41, 5.74) is 13.6. The second-order valence-corrected chi connectivity index (χ2v) is 17.8. The van der Waals surface area contributed by atoms with Crippen LogP contribution in [0.2, 0.25) is 0 Å². The summed E-state index contributed by atoms with van der Waals surface area (Å²) in [5, 5.41) is 11.7. The van der Waals surface area contributed by atoms with Crippen molar-refractivity contribution in [2.24, 2.45) is 0 Å². The van der Waals surface area contributed by atoms with Crippen molar-refractivity contribution in [3.05, 3.63) is 149 Å². The van der Waals surface area contributed by atoms with E-state index >= 15 is 0 Å². The van der Waals surface area contributed by atoms with E-state index in [9.17, 15) is 5.11 Å². The highest BCUT2D eigenvalue weighted by molar-refractivity contribution is 5.93. The number of hydrogen-bond acceptors (Lipinski definition) is 4. The number of pyridine rings is 1. The standard InChI is InChI=1S/C50H52N2O2/c1-31(32-15-12-11-13-16-32)33-19-21-34(22-20-33)35-23-24-51-43(28-35)37-25-36(26-38(27-37)48(2,3)4)40-17-14-18-44-45(40)52-47(54-44)41-29-39(49(5,6)7)30-42(46(41)53)50(8,9)10/h11-31,53H,1-10H3. The van der Waals surface area contributed by atoms with Gasteiger partial charge in [0.25, 0.3) is 0 Å². The van der Waals surface area contributed by atoms with Gasteiger partial charge in [0.05, 0.1) is 11.3 Å². The van der Waals surface area contributed by atoms with Crippen molar-refractivity contribution in [3.63, 3.8) is 0 Å². The highest BCUT2D eigenvalue weighted by atomic mass is 16.3. The molecular weight excluding hydrogens is 661 g/mol. The monoisotopic (exact) mass is 712 g/mol. The van der Waals surface area contributed by atoms with Crippen LogP contribution in [0.3, 0.4) is 0 Å². The lowest BCUT2D eigenvalue weighted by molar-refractivity contribution is 0.444. The number of oxazole rings is 1. The number of aromatic nitrogens is 2. The van der Waals surface area contributed by atoms with Gasteiger partial charge in [0, 0.05) is 28.8 Å². The fourth-order valence-corrected chi connectivity index (χ4v) is 7.13. The molecule has 1 unspecified atom stereocenters. The molecule has 0 aliphatic heterocycles. The van der Waals surface area contributed by atoms with Gasteiger partial charge in [-0.25, -0.2) is 4.98 Å². The maximum Gasteiger partial charge on any atom is 0.231 e. The number of fused-ring (bicyclic) bond motifs is 1. The molecule has 0 amide bonds. The quantitative estimate of drug-likeness (QED) is 0.186. The zero-order valence-electron chi connectivity index (χ0n) is 33.4. The van der Waals surface area contributed by atoms with Crippen molar-refractivity contribution in [2.45, 2.75) is 91.4 Å². The number of hydrogen-bond donors (Lipinski definition) is 1. The van der Waals surface area contributed by atoms with Crippen molar-refractivity contribution in [1.82, 2.24) is 9.97 Å². The fraction of sp³-hybridized carbons (Fsp3) is 0.280. The molecule has 0 fully saturated rings. The lowest BCUT2D eigenvalue weighted by atomic mass is 9.79. The Kier molecular flexibility index (Phi) is 9.38. The van der Waals surface area contributed by atoms with E-state index in [2.05, 4.69) is 166 Å². The van der Waals surface area contributed by atoms with Crippen LogP contribution in [0.1, 0.15) is 103 Å². The molecule has 7 aromatic rings. The molecule has 0 radical (unpaired) electrons. The number of nitrogens with zero attached hydrogens (tertiary/aromatic N) is 2. The van der Waals surface area contributed by atoms with E-state index in [1.54, 1.807) is 0 Å². The molecule has 0 saturated carbocycles. The van der Waals surface area contributed by atoms with Crippen LogP contribution in [0.5, 0.6) is 5.75 Å². The summed E-state index contributed by atoms with van der Waals surface area (Å²) in [6.45, 7) is 21.9. The molecule has 5 aromatic carbocycles. The maximum atomic E-state index is 11.7. The second-order valence-electron chi connectivity index (χ2n) is 17.8. The second kappa shape index (κ2) is 13.7. The van der Waals surface area contributed by atoms with E-state index < -0.39 is 0 Å². The van der Waals surface area contributed by atoms with E-state index in [1.807, 2.05) is 24.4 Å². The van der Waals surface area contributed by atoms with Gasteiger partial charge in [-0.1, -0.05) is 148 Å². The summed E-state index contributed by atoms with van der Waals surface area (Å²) in [6, 6.07) is 40.8. The van der Waals surface area contributed by atoms with Crippen LogP contribution in [0.4, 0.5) is 0 Å². The number of rotatable bonds is 6. The Morgan fingerprint density at radius 1 is 0.556 bits per heavy atom. The van der Waals surface area contributed by atoms with Gasteiger partial charge in [0.1, 0.15) is 11.3 Å². The van der Waals surface area contributed by atoms with Gasteiger partial charge >= 0.3 is 0 Å². The molecule has 0 aliphatic carbocycles. The summed E-state index contributed by atoms with van der Waals surface area (Å²) in [7, 11) is 0. The van der Waals surface area contributed by atoms with Crippen LogP contribution in [-0.2, 0) is 16.2 Å².